The molecule has 0 saturated carbocycles. The highest BCUT2D eigenvalue weighted by molar-refractivity contribution is 9.10. The van der Waals surface area contributed by atoms with Crippen molar-refractivity contribution in [3.05, 3.63) is 38.6 Å². The van der Waals surface area contributed by atoms with Gasteiger partial charge >= 0.3 is 0 Å². The molecule has 3 N–H and O–H groups in total. The van der Waals surface area contributed by atoms with Crippen molar-refractivity contribution in [2.45, 2.75) is 19.9 Å². The maximum absolute atomic E-state index is 11.6. The topological polar surface area (TPSA) is 72.9 Å². The molecular weight excluding hydrogens is 344 g/mol. The first kappa shape index (κ1) is 13.6. The summed E-state index contributed by atoms with van der Waals surface area (Å²) >= 11 is 9.68. The van der Waals surface area contributed by atoms with Crippen LogP contribution in [0.15, 0.2) is 16.6 Å². The SMILES string of the molecule is Cc1nn(-c2cc3c(cc2Br)C(N)C(=O)N3)c(C)c1Cl. The lowest BCUT2D eigenvalue weighted by Gasteiger charge is -2.10. The van der Waals surface area contributed by atoms with Gasteiger partial charge in [0, 0.05) is 15.7 Å². The second-order valence-corrected chi connectivity index (χ2v) is 5.99. The van der Waals surface area contributed by atoms with E-state index in [1.165, 1.54) is 0 Å². The molecule has 20 heavy (non-hydrogen) atoms. The van der Waals surface area contributed by atoms with E-state index in [2.05, 4.69) is 26.3 Å². The number of aromatic nitrogens is 2. The Balaban J connectivity index is 2.19. The van der Waals surface area contributed by atoms with Crippen LogP contribution in [-0.4, -0.2) is 15.7 Å². The van der Waals surface area contributed by atoms with E-state index in [1.807, 2.05) is 26.0 Å². The zero-order valence-corrected chi connectivity index (χ0v) is 13.2. The van der Waals surface area contributed by atoms with Crippen molar-refractivity contribution in [2.75, 3.05) is 5.32 Å². The Morgan fingerprint density at radius 2 is 2.15 bits per heavy atom. The second-order valence-electron chi connectivity index (χ2n) is 4.75. The van der Waals surface area contributed by atoms with Crippen LogP contribution in [0.4, 0.5) is 5.69 Å². The molecule has 2 aromatic rings. The smallest absolute Gasteiger partial charge is 0.245 e. The average molecular weight is 356 g/mol. The number of carbonyl (C=O) groups is 1. The largest absolute Gasteiger partial charge is 0.324 e. The van der Waals surface area contributed by atoms with Gasteiger partial charge in [-0.1, -0.05) is 11.6 Å². The first-order chi connectivity index (χ1) is 9.40. The van der Waals surface area contributed by atoms with E-state index < -0.39 is 6.04 Å². The maximum atomic E-state index is 11.6. The Labute approximate surface area is 129 Å². The summed E-state index contributed by atoms with van der Waals surface area (Å²) in [7, 11) is 0. The van der Waals surface area contributed by atoms with Gasteiger partial charge in [0.25, 0.3) is 0 Å². The standard InChI is InChI=1S/C13H12BrClN4O/c1-5-11(15)6(2)19(18-5)10-4-9-7(3-8(10)14)12(16)13(20)17-9/h3-4,12H,16H2,1-2H3,(H,17,20). The van der Waals surface area contributed by atoms with Crippen LogP contribution >= 0.6 is 27.5 Å². The van der Waals surface area contributed by atoms with E-state index >= 15 is 0 Å². The highest BCUT2D eigenvalue weighted by Gasteiger charge is 2.28. The lowest BCUT2D eigenvalue weighted by atomic mass is 10.1. The summed E-state index contributed by atoms with van der Waals surface area (Å²) in [6, 6.07) is 3.07. The molecule has 0 spiro atoms. The number of fused-ring (bicyclic) bond motifs is 1. The molecule has 0 radical (unpaired) electrons. The number of benzene rings is 1. The van der Waals surface area contributed by atoms with Gasteiger partial charge in [0.1, 0.15) is 6.04 Å². The summed E-state index contributed by atoms with van der Waals surface area (Å²) < 4.78 is 2.56. The summed E-state index contributed by atoms with van der Waals surface area (Å²) in [6.45, 7) is 3.75. The van der Waals surface area contributed by atoms with Crippen LogP contribution in [0, 0.1) is 13.8 Å². The number of halogens is 2. The minimum Gasteiger partial charge on any atom is -0.324 e. The Hall–Kier alpha value is -1.37. The van der Waals surface area contributed by atoms with Crippen molar-refractivity contribution >= 4 is 39.1 Å². The number of carbonyl (C=O) groups excluding carboxylic acids is 1. The molecule has 0 fully saturated rings. The molecule has 1 unspecified atom stereocenters. The van der Waals surface area contributed by atoms with Crippen LogP contribution in [0.25, 0.3) is 5.69 Å². The number of hydrogen-bond acceptors (Lipinski definition) is 3. The molecule has 1 aliphatic heterocycles. The summed E-state index contributed by atoms with van der Waals surface area (Å²) in [5, 5.41) is 7.82. The lowest BCUT2D eigenvalue weighted by Crippen LogP contribution is -2.19. The van der Waals surface area contributed by atoms with Gasteiger partial charge in [0.15, 0.2) is 0 Å². The lowest BCUT2D eigenvalue weighted by molar-refractivity contribution is -0.116. The molecule has 1 atom stereocenters. The number of amides is 1. The number of anilines is 1. The van der Waals surface area contributed by atoms with Gasteiger partial charge in [-0.15, -0.1) is 0 Å². The Kier molecular flexibility index (Phi) is 3.12. The molecule has 1 aliphatic rings. The number of aryl methyl sites for hydroxylation is 1. The summed E-state index contributed by atoms with van der Waals surface area (Å²) in [4.78, 5) is 11.6. The van der Waals surface area contributed by atoms with Crippen molar-refractivity contribution in [3.8, 4) is 5.69 Å². The zero-order chi connectivity index (χ0) is 14.6. The average Bonchev–Trinajstić information content (AvgIpc) is 2.82. The van der Waals surface area contributed by atoms with E-state index in [1.54, 1.807) is 4.68 Å². The number of nitrogens with zero attached hydrogens (tertiary/aromatic N) is 2. The number of hydrogen-bond donors (Lipinski definition) is 2. The minimum atomic E-state index is -0.626. The van der Waals surface area contributed by atoms with E-state index in [-0.39, 0.29) is 5.91 Å². The highest BCUT2D eigenvalue weighted by Crippen LogP contribution is 2.36. The van der Waals surface area contributed by atoms with Crippen molar-refractivity contribution in [1.29, 1.82) is 0 Å². The number of rotatable bonds is 1. The molecule has 0 bridgehead atoms. The molecule has 7 heteroatoms. The molecule has 0 saturated heterocycles. The van der Waals surface area contributed by atoms with Crippen molar-refractivity contribution in [3.63, 3.8) is 0 Å². The molecule has 2 heterocycles. The van der Waals surface area contributed by atoms with E-state index in [0.717, 1.165) is 27.1 Å². The van der Waals surface area contributed by atoms with Gasteiger partial charge in [-0.3, -0.25) is 4.79 Å². The third kappa shape index (κ3) is 1.87. The number of nitrogens with two attached hydrogens (primary N) is 1. The first-order valence-electron chi connectivity index (χ1n) is 6.02. The van der Waals surface area contributed by atoms with Crippen LogP contribution in [0.5, 0.6) is 0 Å². The minimum absolute atomic E-state index is 0.199. The summed E-state index contributed by atoms with van der Waals surface area (Å²) in [5.74, 6) is -0.199. The van der Waals surface area contributed by atoms with Gasteiger partial charge in [-0.05, 0) is 41.9 Å². The first-order valence-corrected chi connectivity index (χ1v) is 7.19. The molecule has 0 aliphatic carbocycles. The predicted octanol–water partition coefficient (Wildman–Crippen LogP) is 2.86. The van der Waals surface area contributed by atoms with Crippen molar-refractivity contribution in [2.24, 2.45) is 5.73 Å². The molecule has 104 valence electrons. The predicted molar refractivity (Wildman–Crippen MR) is 81.3 cm³/mol. The van der Waals surface area contributed by atoms with Gasteiger partial charge in [0.05, 0.1) is 22.1 Å². The summed E-state index contributed by atoms with van der Waals surface area (Å²) in [5.41, 5.74) is 9.74. The Bertz CT molecular complexity index is 740. The monoisotopic (exact) mass is 354 g/mol. The molecule has 1 aromatic heterocycles. The zero-order valence-electron chi connectivity index (χ0n) is 10.9. The molecule has 1 aromatic carbocycles. The van der Waals surface area contributed by atoms with E-state index in [0.29, 0.717) is 10.7 Å². The molecule has 3 rings (SSSR count). The van der Waals surface area contributed by atoms with Gasteiger partial charge in [-0.25, -0.2) is 4.68 Å². The summed E-state index contributed by atoms with van der Waals surface area (Å²) in [6.07, 6.45) is 0. The molecular formula is C13H12BrClN4O. The Morgan fingerprint density at radius 3 is 2.75 bits per heavy atom. The second kappa shape index (κ2) is 4.58. The fourth-order valence-corrected chi connectivity index (χ4v) is 2.96. The number of nitrogens with one attached hydrogen (secondary N) is 1. The van der Waals surface area contributed by atoms with Gasteiger partial charge in [-0.2, -0.15) is 5.10 Å². The van der Waals surface area contributed by atoms with Crippen LogP contribution in [0.1, 0.15) is 23.0 Å². The molecule has 5 nitrogen and oxygen atoms in total. The fourth-order valence-electron chi connectivity index (χ4n) is 2.32. The van der Waals surface area contributed by atoms with Crippen LogP contribution in [0.3, 0.4) is 0 Å². The van der Waals surface area contributed by atoms with Gasteiger partial charge < -0.3 is 11.1 Å². The normalized spacial score (nSPS) is 17.2. The van der Waals surface area contributed by atoms with E-state index in [4.69, 9.17) is 17.3 Å². The van der Waals surface area contributed by atoms with Crippen molar-refractivity contribution < 1.29 is 4.79 Å². The fraction of sp³-hybridized carbons (Fsp3) is 0.231. The molecule has 1 amide bonds. The van der Waals surface area contributed by atoms with Crippen LogP contribution in [0.2, 0.25) is 5.02 Å². The van der Waals surface area contributed by atoms with Crippen LogP contribution < -0.4 is 11.1 Å². The third-order valence-electron chi connectivity index (χ3n) is 3.43. The van der Waals surface area contributed by atoms with Crippen LogP contribution in [-0.2, 0) is 4.79 Å². The van der Waals surface area contributed by atoms with Crippen molar-refractivity contribution in [1.82, 2.24) is 9.78 Å². The Morgan fingerprint density at radius 1 is 1.45 bits per heavy atom. The quantitative estimate of drug-likeness (QED) is 0.826. The highest BCUT2D eigenvalue weighted by atomic mass is 79.9. The van der Waals surface area contributed by atoms with Gasteiger partial charge in [0.2, 0.25) is 5.91 Å². The third-order valence-corrected chi connectivity index (χ3v) is 4.61. The maximum Gasteiger partial charge on any atom is 0.245 e. The van der Waals surface area contributed by atoms with E-state index in [9.17, 15) is 4.79 Å².